The van der Waals surface area contributed by atoms with E-state index in [0.29, 0.717) is 6.04 Å². The smallest absolute Gasteiger partial charge is 0.122 e. The van der Waals surface area contributed by atoms with E-state index in [-0.39, 0.29) is 5.54 Å². The van der Waals surface area contributed by atoms with Gasteiger partial charge in [0.1, 0.15) is 5.76 Å². The Labute approximate surface area is 111 Å². The Hall–Kier alpha value is -0.800. The molecule has 1 aromatic heterocycles. The van der Waals surface area contributed by atoms with E-state index in [9.17, 15) is 0 Å². The van der Waals surface area contributed by atoms with E-state index in [0.717, 1.165) is 18.8 Å². The third-order valence-electron chi connectivity index (χ3n) is 3.68. The summed E-state index contributed by atoms with van der Waals surface area (Å²) in [6.45, 7) is 11.9. The molecule has 0 radical (unpaired) electrons. The molecular weight excluding hydrogens is 224 g/mol. The second-order valence-electron chi connectivity index (χ2n) is 6.43. The van der Waals surface area contributed by atoms with Gasteiger partial charge in [0.25, 0.3) is 0 Å². The summed E-state index contributed by atoms with van der Waals surface area (Å²) in [5, 5.41) is 3.49. The average molecular weight is 250 g/mol. The standard InChI is InChI=1S/C15H26N2O/c1-12-6-5-8-17(12)11-13-7-9-18-14(13)10-16-15(2,3)4/h7,9,12,16H,5-6,8,10-11H2,1-4H3. The second kappa shape index (κ2) is 5.45. The minimum Gasteiger partial charge on any atom is -0.468 e. The molecule has 1 saturated heterocycles. The molecule has 18 heavy (non-hydrogen) atoms. The molecule has 1 aromatic rings. The fraction of sp³-hybridized carbons (Fsp3) is 0.733. The first-order chi connectivity index (χ1) is 8.46. The Morgan fingerprint density at radius 2 is 2.22 bits per heavy atom. The maximum atomic E-state index is 5.62. The van der Waals surface area contributed by atoms with Gasteiger partial charge in [-0.25, -0.2) is 0 Å². The van der Waals surface area contributed by atoms with Gasteiger partial charge in [0.15, 0.2) is 0 Å². The van der Waals surface area contributed by atoms with Gasteiger partial charge in [-0.3, -0.25) is 4.90 Å². The molecule has 1 aliphatic heterocycles. The van der Waals surface area contributed by atoms with Crippen molar-refractivity contribution in [3.05, 3.63) is 23.7 Å². The van der Waals surface area contributed by atoms with Gasteiger partial charge in [-0.05, 0) is 53.1 Å². The molecule has 0 aliphatic carbocycles. The molecule has 1 atom stereocenters. The molecule has 1 unspecified atom stereocenters. The highest BCUT2D eigenvalue weighted by Gasteiger charge is 2.22. The van der Waals surface area contributed by atoms with Crippen molar-refractivity contribution < 1.29 is 4.42 Å². The lowest BCUT2D eigenvalue weighted by molar-refractivity contribution is 0.257. The van der Waals surface area contributed by atoms with E-state index < -0.39 is 0 Å². The van der Waals surface area contributed by atoms with E-state index in [2.05, 4.69) is 44.0 Å². The summed E-state index contributed by atoms with van der Waals surface area (Å²) in [6.07, 6.45) is 4.47. The molecule has 102 valence electrons. The van der Waals surface area contributed by atoms with Crippen LogP contribution in [0.2, 0.25) is 0 Å². The fourth-order valence-electron chi connectivity index (χ4n) is 2.45. The number of rotatable bonds is 4. The predicted octanol–water partition coefficient (Wildman–Crippen LogP) is 3.15. The van der Waals surface area contributed by atoms with Crippen molar-refractivity contribution in [2.75, 3.05) is 6.54 Å². The average Bonchev–Trinajstić information content (AvgIpc) is 2.86. The number of nitrogens with zero attached hydrogens (tertiary/aromatic N) is 1. The Kier molecular flexibility index (Phi) is 4.13. The number of hydrogen-bond donors (Lipinski definition) is 1. The van der Waals surface area contributed by atoms with Crippen molar-refractivity contribution in [2.45, 2.75) is 65.2 Å². The molecule has 0 aromatic carbocycles. The third kappa shape index (κ3) is 3.59. The quantitative estimate of drug-likeness (QED) is 0.890. The molecule has 0 amide bonds. The molecule has 2 heterocycles. The Morgan fingerprint density at radius 1 is 1.44 bits per heavy atom. The van der Waals surface area contributed by atoms with Gasteiger partial charge in [0.2, 0.25) is 0 Å². The van der Waals surface area contributed by atoms with Crippen LogP contribution in [0.25, 0.3) is 0 Å². The van der Waals surface area contributed by atoms with Crippen LogP contribution in [0.1, 0.15) is 51.9 Å². The van der Waals surface area contributed by atoms with Gasteiger partial charge in [-0.1, -0.05) is 0 Å². The van der Waals surface area contributed by atoms with E-state index in [1.54, 1.807) is 0 Å². The molecule has 0 bridgehead atoms. The number of hydrogen-bond acceptors (Lipinski definition) is 3. The fourth-order valence-corrected chi connectivity index (χ4v) is 2.45. The predicted molar refractivity (Wildman–Crippen MR) is 74.4 cm³/mol. The van der Waals surface area contributed by atoms with Crippen LogP contribution in [0, 0.1) is 0 Å². The molecule has 3 heteroatoms. The molecular formula is C15H26N2O. The van der Waals surface area contributed by atoms with Crippen LogP contribution in [-0.2, 0) is 13.1 Å². The van der Waals surface area contributed by atoms with Crippen LogP contribution in [0.3, 0.4) is 0 Å². The van der Waals surface area contributed by atoms with Crippen molar-refractivity contribution in [2.24, 2.45) is 0 Å². The molecule has 0 saturated carbocycles. The first-order valence-corrected chi connectivity index (χ1v) is 7.00. The van der Waals surface area contributed by atoms with Crippen molar-refractivity contribution in [3.63, 3.8) is 0 Å². The van der Waals surface area contributed by atoms with Crippen molar-refractivity contribution in [3.8, 4) is 0 Å². The van der Waals surface area contributed by atoms with Crippen molar-refractivity contribution in [1.82, 2.24) is 10.2 Å². The van der Waals surface area contributed by atoms with E-state index in [1.165, 1.54) is 24.9 Å². The number of likely N-dealkylation sites (tertiary alicyclic amines) is 1. The minimum absolute atomic E-state index is 0.130. The van der Waals surface area contributed by atoms with Gasteiger partial charge in [0.05, 0.1) is 12.8 Å². The molecule has 1 N–H and O–H groups in total. The summed E-state index contributed by atoms with van der Waals surface area (Å²) in [6, 6.07) is 2.83. The summed E-state index contributed by atoms with van der Waals surface area (Å²) in [4.78, 5) is 2.55. The zero-order chi connectivity index (χ0) is 13.2. The lowest BCUT2D eigenvalue weighted by Crippen LogP contribution is -2.35. The second-order valence-corrected chi connectivity index (χ2v) is 6.43. The monoisotopic (exact) mass is 250 g/mol. The highest BCUT2D eigenvalue weighted by molar-refractivity contribution is 5.17. The SMILES string of the molecule is CC1CCCN1Cc1ccoc1CNC(C)(C)C. The van der Waals surface area contributed by atoms with Gasteiger partial charge in [-0.15, -0.1) is 0 Å². The summed E-state index contributed by atoms with van der Waals surface area (Å²) >= 11 is 0. The van der Waals surface area contributed by atoms with E-state index in [4.69, 9.17) is 4.42 Å². The molecule has 1 fully saturated rings. The van der Waals surface area contributed by atoms with Crippen LogP contribution in [0.5, 0.6) is 0 Å². The van der Waals surface area contributed by atoms with Crippen LogP contribution < -0.4 is 5.32 Å². The maximum absolute atomic E-state index is 5.62. The minimum atomic E-state index is 0.130. The van der Waals surface area contributed by atoms with E-state index >= 15 is 0 Å². The van der Waals surface area contributed by atoms with Gasteiger partial charge < -0.3 is 9.73 Å². The third-order valence-corrected chi connectivity index (χ3v) is 3.68. The number of nitrogens with one attached hydrogen (secondary N) is 1. The van der Waals surface area contributed by atoms with Crippen LogP contribution in [-0.4, -0.2) is 23.0 Å². The topological polar surface area (TPSA) is 28.4 Å². The lowest BCUT2D eigenvalue weighted by Gasteiger charge is -2.22. The first kappa shape index (κ1) is 13.6. The highest BCUT2D eigenvalue weighted by Crippen LogP contribution is 2.22. The molecule has 1 aliphatic rings. The van der Waals surface area contributed by atoms with Gasteiger partial charge >= 0.3 is 0 Å². The zero-order valence-corrected chi connectivity index (χ0v) is 12.1. The zero-order valence-electron chi connectivity index (χ0n) is 12.1. The molecule has 0 spiro atoms. The maximum Gasteiger partial charge on any atom is 0.122 e. The summed E-state index contributed by atoms with van der Waals surface area (Å²) in [5.41, 5.74) is 1.46. The Balaban J connectivity index is 1.95. The summed E-state index contributed by atoms with van der Waals surface area (Å²) < 4.78 is 5.62. The molecule has 3 nitrogen and oxygen atoms in total. The first-order valence-electron chi connectivity index (χ1n) is 7.00. The van der Waals surface area contributed by atoms with E-state index in [1.807, 2.05) is 6.26 Å². The lowest BCUT2D eigenvalue weighted by atomic mass is 10.1. The van der Waals surface area contributed by atoms with Crippen LogP contribution in [0.4, 0.5) is 0 Å². The molecule has 2 rings (SSSR count). The van der Waals surface area contributed by atoms with Gasteiger partial charge in [0, 0.05) is 23.7 Å². The summed E-state index contributed by atoms with van der Waals surface area (Å²) in [7, 11) is 0. The van der Waals surface area contributed by atoms with Crippen LogP contribution >= 0.6 is 0 Å². The largest absolute Gasteiger partial charge is 0.468 e. The Bertz CT molecular complexity index is 378. The summed E-state index contributed by atoms with van der Waals surface area (Å²) in [5.74, 6) is 1.09. The van der Waals surface area contributed by atoms with Crippen molar-refractivity contribution >= 4 is 0 Å². The Morgan fingerprint density at radius 3 is 2.83 bits per heavy atom. The highest BCUT2D eigenvalue weighted by atomic mass is 16.3. The number of furan rings is 1. The normalized spacial score (nSPS) is 21.7. The van der Waals surface area contributed by atoms with Crippen LogP contribution in [0.15, 0.2) is 16.7 Å². The van der Waals surface area contributed by atoms with Gasteiger partial charge in [-0.2, -0.15) is 0 Å². The van der Waals surface area contributed by atoms with Crippen molar-refractivity contribution in [1.29, 1.82) is 0 Å².